The van der Waals surface area contributed by atoms with E-state index in [0.29, 0.717) is 0 Å². The topological polar surface area (TPSA) is 16.4 Å². The van der Waals surface area contributed by atoms with Crippen molar-refractivity contribution >= 4 is 39.0 Å². The lowest BCUT2D eigenvalue weighted by atomic mass is 9.68. The van der Waals surface area contributed by atoms with Gasteiger partial charge in [0.15, 0.2) is 0 Å². The molecule has 0 N–H and O–H groups in total. The molecule has 0 atom stereocenters. The molecular formula is C60H53NO. The lowest BCUT2D eigenvalue weighted by molar-refractivity contribution is 0.569. The quantitative estimate of drug-likeness (QED) is 0.172. The summed E-state index contributed by atoms with van der Waals surface area (Å²) in [4.78, 5) is 2.42. The van der Waals surface area contributed by atoms with Gasteiger partial charge in [-0.05, 0) is 120 Å². The van der Waals surface area contributed by atoms with Crippen LogP contribution < -0.4 is 4.90 Å². The van der Waals surface area contributed by atoms with E-state index in [1.807, 2.05) is 0 Å². The number of nitrogens with zero attached hydrogens (tertiary/aromatic N) is 1. The maximum atomic E-state index is 6.92. The van der Waals surface area contributed by atoms with E-state index in [1.165, 1.54) is 72.1 Å². The maximum absolute atomic E-state index is 6.92. The van der Waals surface area contributed by atoms with Crippen LogP contribution in [0.25, 0.3) is 44.2 Å². The molecule has 0 saturated carbocycles. The Labute approximate surface area is 366 Å². The molecule has 2 aliphatic carbocycles. The van der Waals surface area contributed by atoms with Gasteiger partial charge in [-0.1, -0.05) is 183 Å². The van der Waals surface area contributed by atoms with Gasteiger partial charge in [-0.15, -0.1) is 0 Å². The molecule has 1 heterocycles. The van der Waals surface area contributed by atoms with Gasteiger partial charge in [-0.25, -0.2) is 0 Å². The van der Waals surface area contributed by atoms with Crippen LogP contribution in [0.15, 0.2) is 180 Å². The summed E-state index contributed by atoms with van der Waals surface area (Å²) < 4.78 is 6.92. The lowest BCUT2D eigenvalue weighted by Gasteiger charge is -2.34. The Bertz CT molecular complexity index is 3180. The van der Waals surface area contributed by atoms with Crippen molar-refractivity contribution in [2.45, 2.75) is 77.0 Å². The van der Waals surface area contributed by atoms with Crippen molar-refractivity contribution in [3.63, 3.8) is 0 Å². The fraction of sp³-hybridized carbons (Fsp3) is 0.200. The van der Waals surface area contributed by atoms with Crippen LogP contribution in [0.4, 0.5) is 17.1 Å². The fourth-order valence-corrected chi connectivity index (χ4v) is 10.9. The molecule has 304 valence electrons. The monoisotopic (exact) mass is 803 g/mol. The molecule has 2 nitrogen and oxygen atoms in total. The highest BCUT2D eigenvalue weighted by molar-refractivity contribution is 6.08. The Morgan fingerprint density at radius 2 is 0.935 bits per heavy atom. The van der Waals surface area contributed by atoms with Gasteiger partial charge in [0.05, 0.1) is 5.41 Å². The molecule has 0 bridgehead atoms. The Kier molecular flexibility index (Phi) is 8.29. The molecule has 0 radical (unpaired) electrons. The van der Waals surface area contributed by atoms with Crippen molar-refractivity contribution in [2.24, 2.45) is 0 Å². The Morgan fingerprint density at radius 1 is 0.419 bits per heavy atom. The average molecular weight is 804 g/mol. The summed E-state index contributed by atoms with van der Waals surface area (Å²) in [5.74, 6) is 0. The highest BCUT2D eigenvalue weighted by Gasteiger charge is 2.46. The van der Waals surface area contributed by atoms with Crippen molar-refractivity contribution in [3.05, 3.63) is 220 Å². The summed E-state index contributed by atoms with van der Waals surface area (Å²) in [5, 5.41) is 2.36. The van der Waals surface area contributed by atoms with Crippen LogP contribution in [0.1, 0.15) is 99.9 Å². The number of benzene rings is 8. The van der Waals surface area contributed by atoms with Crippen LogP contribution >= 0.6 is 0 Å². The third-order valence-corrected chi connectivity index (χ3v) is 14.0. The first-order chi connectivity index (χ1) is 29.8. The SMILES string of the molecule is CC(C)(C)c1cc(C(C)(C)C)c2c(c1)oc1cc(N(c3ccc(C4(c5ccccc5)c5ccccc5-c5ccccc54)cc3)c3ccc4c(c3)C(C)(C)c3ccccc3-4)ccc12. The van der Waals surface area contributed by atoms with Crippen molar-refractivity contribution in [3.8, 4) is 22.3 Å². The zero-order valence-corrected chi connectivity index (χ0v) is 37.1. The molecule has 0 amide bonds. The van der Waals surface area contributed by atoms with Crippen LogP contribution in [0.2, 0.25) is 0 Å². The van der Waals surface area contributed by atoms with Crippen LogP contribution in [0, 0.1) is 0 Å². The average Bonchev–Trinajstić information content (AvgIpc) is 3.87. The number of rotatable bonds is 5. The van der Waals surface area contributed by atoms with Crippen LogP contribution in [0.3, 0.4) is 0 Å². The van der Waals surface area contributed by atoms with Crippen molar-refractivity contribution in [1.29, 1.82) is 0 Å². The molecule has 2 aliphatic rings. The van der Waals surface area contributed by atoms with Gasteiger partial charge in [-0.3, -0.25) is 0 Å². The maximum Gasteiger partial charge on any atom is 0.137 e. The Balaban J connectivity index is 1.12. The van der Waals surface area contributed by atoms with Crippen LogP contribution in [0.5, 0.6) is 0 Å². The van der Waals surface area contributed by atoms with Crippen molar-refractivity contribution in [1.82, 2.24) is 0 Å². The molecule has 11 rings (SSSR count). The number of furan rings is 1. The largest absolute Gasteiger partial charge is 0.456 e. The van der Waals surface area contributed by atoms with E-state index in [4.69, 9.17) is 4.42 Å². The van der Waals surface area contributed by atoms with Crippen molar-refractivity contribution < 1.29 is 4.42 Å². The van der Waals surface area contributed by atoms with E-state index in [1.54, 1.807) is 0 Å². The standard InChI is InChI=1S/C60H53NO/c1-57(2,3)40-34-53(58(4,5)6)56-48-33-31-43(37-54(48)62-55(56)35-40)61(42-30-32-47-44-20-12-15-23-49(44)59(7,8)52(47)36-42)41-28-26-39(27-29-41)60(38-18-10-9-11-19-38)50-24-16-13-21-45(50)46-22-14-17-25-51(46)60/h9-37H,1-8H3. The highest BCUT2D eigenvalue weighted by atomic mass is 16.3. The molecule has 8 aromatic carbocycles. The molecular weight excluding hydrogens is 751 g/mol. The Hall–Kier alpha value is -6.64. The normalized spacial score (nSPS) is 14.7. The molecule has 0 unspecified atom stereocenters. The fourth-order valence-electron chi connectivity index (χ4n) is 10.9. The molecule has 0 spiro atoms. The van der Waals surface area contributed by atoms with E-state index >= 15 is 0 Å². The number of fused-ring (bicyclic) bond motifs is 9. The zero-order valence-electron chi connectivity index (χ0n) is 37.1. The van der Waals surface area contributed by atoms with E-state index in [0.717, 1.165) is 33.6 Å². The third kappa shape index (κ3) is 5.55. The Morgan fingerprint density at radius 3 is 1.56 bits per heavy atom. The van der Waals surface area contributed by atoms with Crippen LogP contribution in [-0.4, -0.2) is 0 Å². The van der Waals surface area contributed by atoms with Gasteiger partial charge in [0.25, 0.3) is 0 Å². The van der Waals surface area contributed by atoms with E-state index in [-0.39, 0.29) is 16.2 Å². The predicted octanol–water partition coefficient (Wildman–Crippen LogP) is 16.3. The first-order valence-electron chi connectivity index (χ1n) is 22.2. The summed E-state index contributed by atoms with van der Waals surface area (Å²) in [6.45, 7) is 18.5. The first kappa shape index (κ1) is 38.3. The van der Waals surface area contributed by atoms with Gasteiger partial charge in [0.1, 0.15) is 11.2 Å². The predicted molar refractivity (Wildman–Crippen MR) is 261 cm³/mol. The minimum absolute atomic E-state index is 0.00988. The molecule has 1 aromatic heterocycles. The second-order valence-electron chi connectivity index (χ2n) is 20.2. The summed E-state index contributed by atoms with van der Waals surface area (Å²) in [6.07, 6.45) is 0. The molecule has 2 heteroatoms. The van der Waals surface area contributed by atoms with E-state index < -0.39 is 5.41 Å². The van der Waals surface area contributed by atoms with Crippen molar-refractivity contribution in [2.75, 3.05) is 4.90 Å². The minimum Gasteiger partial charge on any atom is -0.456 e. The van der Waals surface area contributed by atoms with E-state index in [2.05, 4.69) is 236 Å². The number of hydrogen-bond donors (Lipinski definition) is 0. The molecule has 9 aromatic rings. The van der Waals surface area contributed by atoms with Gasteiger partial charge >= 0.3 is 0 Å². The smallest absolute Gasteiger partial charge is 0.137 e. The second-order valence-corrected chi connectivity index (χ2v) is 20.2. The van der Waals surface area contributed by atoms with Gasteiger partial charge in [0.2, 0.25) is 0 Å². The zero-order chi connectivity index (χ0) is 42.8. The summed E-state index contributed by atoms with van der Waals surface area (Å²) >= 11 is 0. The minimum atomic E-state index is -0.467. The lowest BCUT2D eigenvalue weighted by Crippen LogP contribution is -2.28. The highest BCUT2D eigenvalue weighted by Crippen LogP contribution is 2.57. The first-order valence-corrected chi connectivity index (χ1v) is 22.2. The van der Waals surface area contributed by atoms with Gasteiger partial charge in [0, 0.05) is 39.3 Å². The number of hydrogen-bond acceptors (Lipinski definition) is 2. The number of anilines is 3. The molecule has 0 fully saturated rings. The second kappa shape index (κ2) is 13.4. The summed E-state index contributed by atoms with van der Waals surface area (Å²) in [5.41, 5.74) is 20.1. The molecule has 62 heavy (non-hydrogen) atoms. The van der Waals surface area contributed by atoms with E-state index in [9.17, 15) is 0 Å². The summed E-state index contributed by atoms with van der Waals surface area (Å²) in [6, 6.07) is 65.8. The third-order valence-electron chi connectivity index (χ3n) is 14.0. The van der Waals surface area contributed by atoms with Gasteiger partial charge < -0.3 is 9.32 Å². The molecule has 0 aliphatic heterocycles. The van der Waals surface area contributed by atoms with Gasteiger partial charge in [-0.2, -0.15) is 0 Å². The van der Waals surface area contributed by atoms with Crippen LogP contribution in [-0.2, 0) is 21.7 Å². The molecule has 0 saturated heterocycles. The summed E-state index contributed by atoms with van der Waals surface area (Å²) in [7, 11) is 0.